The van der Waals surface area contributed by atoms with E-state index in [1.807, 2.05) is 0 Å². The van der Waals surface area contributed by atoms with E-state index < -0.39 is 0 Å². The Balaban J connectivity index is 1.73. The van der Waals surface area contributed by atoms with Crippen LogP contribution in [0.15, 0.2) is 24.3 Å². The Kier molecular flexibility index (Phi) is 4.57. The van der Waals surface area contributed by atoms with Crippen molar-refractivity contribution < 1.29 is 14.4 Å². The molecule has 0 bridgehead atoms. The molecule has 1 aromatic carbocycles. The number of nitrogens with zero attached hydrogens (tertiary/aromatic N) is 1. The summed E-state index contributed by atoms with van der Waals surface area (Å²) in [5.74, 6) is -0.446. The number of imide groups is 1. The minimum Gasteiger partial charge on any atom is -0.352 e. The summed E-state index contributed by atoms with van der Waals surface area (Å²) in [6.45, 7) is 0.736. The molecule has 0 saturated carbocycles. The molecule has 0 spiro atoms. The van der Waals surface area contributed by atoms with Crippen molar-refractivity contribution in [3.05, 3.63) is 34.9 Å². The van der Waals surface area contributed by atoms with Crippen molar-refractivity contribution in [1.82, 2.24) is 15.5 Å². The average molecular weight is 296 g/mol. The summed E-state index contributed by atoms with van der Waals surface area (Å²) in [6.07, 6.45) is 0.512. The number of carbonyl (C=O) groups excluding carboxylic acids is 3. The third-order valence-electron chi connectivity index (χ3n) is 2.89. The molecule has 0 aromatic heterocycles. The fourth-order valence-corrected chi connectivity index (χ4v) is 1.95. The lowest BCUT2D eigenvalue weighted by atomic mass is 10.2. The van der Waals surface area contributed by atoms with E-state index in [0.717, 1.165) is 4.90 Å². The number of halogens is 1. The lowest BCUT2D eigenvalue weighted by Gasteiger charge is -2.12. The Hall–Kier alpha value is -2.08. The first-order valence-corrected chi connectivity index (χ1v) is 6.57. The van der Waals surface area contributed by atoms with Crippen molar-refractivity contribution in [2.24, 2.45) is 0 Å². The summed E-state index contributed by atoms with van der Waals surface area (Å²) in [5.41, 5.74) is 0.518. The molecule has 4 amide bonds. The zero-order chi connectivity index (χ0) is 14.5. The van der Waals surface area contributed by atoms with Gasteiger partial charge in [-0.15, -0.1) is 0 Å². The van der Waals surface area contributed by atoms with E-state index >= 15 is 0 Å². The van der Waals surface area contributed by atoms with Crippen LogP contribution < -0.4 is 10.6 Å². The fraction of sp³-hybridized carbons (Fsp3) is 0.308. The number of nitrogens with one attached hydrogen (secondary N) is 2. The molecule has 1 saturated heterocycles. The van der Waals surface area contributed by atoms with Crippen LogP contribution in [0.4, 0.5) is 4.79 Å². The quantitative estimate of drug-likeness (QED) is 0.628. The second-order valence-corrected chi connectivity index (χ2v) is 4.76. The molecule has 106 valence electrons. The fourth-order valence-electron chi connectivity index (χ4n) is 1.82. The summed E-state index contributed by atoms with van der Waals surface area (Å²) < 4.78 is 0. The normalized spacial score (nSPS) is 14.3. The van der Waals surface area contributed by atoms with E-state index in [2.05, 4.69) is 10.6 Å². The molecule has 0 unspecified atom stereocenters. The van der Waals surface area contributed by atoms with E-state index in [-0.39, 0.29) is 24.4 Å². The first-order chi connectivity index (χ1) is 9.58. The number of rotatable bonds is 5. The van der Waals surface area contributed by atoms with Gasteiger partial charge >= 0.3 is 6.03 Å². The van der Waals surface area contributed by atoms with Gasteiger partial charge in [-0.3, -0.25) is 14.5 Å². The molecule has 1 heterocycles. The van der Waals surface area contributed by atoms with E-state index in [4.69, 9.17) is 11.6 Å². The Labute approximate surface area is 121 Å². The van der Waals surface area contributed by atoms with Crippen LogP contribution in [-0.2, 0) is 4.79 Å². The maximum atomic E-state index is 11.8. The summed E-state index contributed by atoms with van der Waals surface area (Å²) >= 11 is 5.74. The van der Waals surface area contributed by atoms with Crippen LogP contribution in [0.5, 0.6) is 0 Å². The van der Waals surface area contributed by atoms with Crippen LogP contribution in [0.25, 0.3) is 0 Å². The molecule has 20 heavy (non-hydrogen) atoms. The maximum absolute atomic E-state index is 11.8. The van der Waals surface area contributed by atoms with E-state index in [0.29, 0.717) is 30.1 Å². The van der Waals surface area contributed by atoms with Crippen molar-refractivity contribution in [2.75, 3.05) is 19.6 Å². The van der Waals surface area contributed by atoms with Gasteiger partial charge in [0, 0.05) is 23.7 Å². The highest BCUT2D eigenvalue weighted by atomic mass is 35.5. The minimum atomic E-state index is -0.376. The first kappa shape index (κ1) is 14.3. The second kappa shape index (κ2) is 6.38. The molecular formula is C13H14ClN3O3. The van der Waals surface area contributed by atoms with Gasteiger partial charge < -0.3 is 10.6 Å². The number of hydrogen-bond donors (Lipinski definition) is 2. The summed E-state index contributed by atoms with van der Waals surface area (Å²) in [6, 6.07) is 6.18. The predicted molar refractivity (Wildman–Crippen MR) is 73.5 cm³/mol. The Bertz CT molecular complexity index is 514. The van der Waals surface area contributed by atoms with Crippen LogP contribution in [0.2, 0.25) is 5.02 Å². The third kappa shape index (κ3) is 3.48. The smallest absolute Gasteiger partial charge is 0.324 e. The molecule has 0 atom stereocenters. The topological polar surface area (TPSA) is 78.5 Å². The third-order valence-corrected chi connectivity index (χ3v) is 3.14. The van der Waals surface area contributed by atoms with Gasteiger partial charge in [0.15, 0.2) is 0 Å². The van der Waals surface area contributed by atoms with E-state index in [1.54, 1.807) is 24.3 Å². The number of urea groups is 1. The lowest BCUT2D eigenvalue weighted by Crippen LogP contribution is -2.34. The Morgan fingerprint density at radius 3 is 2.60 bits per heavy atom. The molecule has 1 aliphatic heterocycles. The molecule has 2 rings (SSSR count). The van der Waals surface area contributed by atoms with Crippen molar-refractivity contribution in [3.8, 4) is 0 Å². The first-order valence-electron chi connectivity index (χ1n) is 6.20. The molecule has 0 radical (unpaired) electrons. The zero-order valence-electron chi connectivity index (χ0n) is 10.7. The second-order valence-electron chi connectivity index (χ2n) is 4.32. The number of benzene rings is 1. The van der Waals surface area contributed by atoms with Crippen molar-refractivity contribution in [2.45, 2.75) is 6.42 Å². The molecule has 2 N–H and O–H groups in total. The van der Waals surface area contributed by atoms with Gasteiger partial charge in [-0.2, -0.15) is 0 Å². The van der Waals surface area contributed by atoms with Crippen LogP contribution in [-0.4, -0.2) is 42.4 Å². The summed E-state index contributed by atoms with van der Waals surface area (Å²) in [4.78, 5) is 35.5. The Morgan fingerprint density at radius 1 is 1.30 bits per heavy atom. The van der Waals surface area contributed by atoms with Gasteiger partial charge in [0.05, 0.1) is 6.54 Å². The monoisotopic (exact) mass is 295 g/mol. The molecule has 0 aliphatic carbocycles. The molecular weight excluding hydrogens is 282 g/mol. The van der Waals surface area contributed by atoms with Crippen LogP contribution in [0.3, 0.4) is 0 Å². The predicted octanol–water partition coefficient (Wildman–Crippen LogP) is 1.01. The van der Waals surface area contributed by atoms with Gasteiger partial charge in [0.25, 0.3) is 5.91 Å². The van der Waals surface area contributed by atoms with Gasteiger partial charge in [-0.1, -0.05) is 11.6 Å². The van der Waals surface area contributed by atoms with Crippen molar-refractivity contribution in [1.29, 1.82) is 0 Å². The zero-order valence-corrected chi connectivity index (χ0v) is 11.4. The number of hydrogen-bond acceptors (Lipinski definition) is 3. The summed E-state index contributed by atoms with van der Waals surface area (Å²) in [5, 5.41) is 5.73. The Morgan fingerprint density at radius 2 is 2.00 bits per heavy atom. The SMILES string of the molecule is O=C(NCCCN1C(=O)CNC1=O)c1ccc(Cl)cc1. The van der Waals surface area contributed by atoms with Crippen LogP contribution in [0.1, 0.15) is 16.8 Å². The van der Waals surface area contributed by atoms with Gasteiger partial charge in [0.1, 0.15) is 0 Å². The van der Waals surface area contributed by atoms with Gasteiger partial charge in [0.2, 0.25) is 5.91 Å². The largest absolute Gasteiger partial charge is 0.352 e. The number of amides is 4. The lowest BCUT2D eigenvalue weighted by molar-refractivity contribution is -0.125. The van der Waals surface area contributed by atoms with E-state index in [1.165, 1.54) is 0 Å². The highest BCUT2D eigenvalue weighted by Gasteiger charge is 2.27. The molecule has 1 fully saturated rings. The van der Waals surface area contributed by atoms with E-state index in [9.17, 15) is 14.4 Å². The van der Waals surface area contributed by atoms with Gasteiger partial charge in [-0.25, -0.2) is 4.79 Å². The van der Waals surface area contributed by atoms with Crippen LogP contribution >= 0.6 is 11.6 Å². The molecule has 1 aliphatic rings. The maximum Gasteiger partial charge on any atom is 0.324 e. The molecule has 7 heteroatoms. The van der Waals surface area contributed by atoms with Gasteiger partial charge in [-0.05, 0) is 30.7 Å². The molecule has 6 nitrogen and oxygen atoms in total. The highest BCUT2D eigenvalue weighted by Crippen LogP contribution is 2.09. The van der Waals surface area contributed by atoms with Crippen molar-refractivity contribution >= 4 is 29.4 Å². The number of carbonyl (C=O) groups is 3. The standard InChI is InChI=1S/C13H14ClN3O3/c14-10-4-2-9(3-5-10)12(19)15-6-1-7-17-11(18)8-16-13(17)20/h2-5H,1,6-8H2,(H,15,19)(H,16,20). The molecule has 1 aromatic rings. The highest BCUT2D eigenvalue weighted by molar-refractivity contribution is 6.30. The van der Waals surface area contributed by atoms with Crippen LogP contribution in [0, 0.1) is 0 Å². The average Bonchev–Trinajstić information content (AvgIpc) is 2.75. The van der Waals surface area contributed by atoms with Crippen molar-refractivity contribution in [3.63, 3.8) is 0 Å². The minimum absolute atomic E-state index is 0.0516. The summed E-state index contributed by atoms with van der Waals surface area (Å²) in [7, 11) is 0.